The normalized spacial score (nSPS) is 18.9. The van der Waals surface area contributed by atoms with E-state index in [9.17, 15) is 0 Å². The molecule has 0 atom stereocenters. The molecule has 4 aliphatic carbocycles. The Balaban J connectivity index is 0.000000170. The van der Waals surface area contributed by atoms with Gasteiger partial charge in [0.15, 0.2) is 0 Å². The molecule has 2 saturated carbocycles. The summed E-state index contributed by atoms with van der Waals surface area (Å²) in [6.45, 7) is 0. The molecule has 0 aliphatic heterocycles. The fourth-order valence-electron chi connectivity index (χ4n) is 4.92. The first-order valence-electron chi connectivity index (χ1n) is 13.3. The van der Waals surface area contributed by atoms with Crippen molar-refractivity contribution in [3.05, 3.63) is 120 Å². The molecule has 2 fully saturated rings. The standard InChI is InChI=1S/2C11H15.2C6H5.Ti/c2*1-2-6-10(7-3-1)11-8-4-5-9-11;2*1-2-4-6-5-3-1;/h2*4,8,10H,1-3,5-7H2;2*1-5H;/q4*-1;+4. The topological polar surface area (TPSA) is 0 Å². The van der Waals surface area contributed by atoms with Gasteiger partial charge in [0.2, 0.25) is 0 Å². The van der Waals surface area contributed by atoms with E-state index >= 15 is 0 Å². The van der Waals surface area contributed by atoms with Gasteiger partial charge in [-0.2, -0.15) is 84.9 Å². The summed E-state index contributed by atoms with van der Waals surface area (Å²) in [7, 11) is 0. The van der Waals surface area contributed by atoms with Crippen molar-refractivity contribution in [2.75, 3.05) is 0 Å². The minimum Gasteiger partial charge on any atom is -0.269 e. The zero-order valence-electron chi connectivity index (χ0n) is 21.2. The summed E-state index contributed by atoms with van der Waals surface area (Å²) in [6.07, 6.45) is 32.3. The van der Waals surface area contributed by atoms with Gasteiger partial charge in [0.1, 0.15) is 0 Å². The van der Waals surface area contributed by atoms with Crippen molar-refractivity contribution < 1.29 is 21.7 Å². The molecule has 0 bridgehead atoms. The molecule has 0 radical (unpaired) electrons. The van der Waals surface area contributed by atoms with Crippen molar-refractivity contribution in [3.8, 4) is 0 Å². The Morgan fingerprint density at radius 3 is 1.09 bits per heavy atom. The van der Waals surface area contributed by atoms with E-state index in [1.54, 1.807) is 0 Å². The molecule has 2 aromatic rings. The summed E-state index contributed by atoms with van der Waals surface area (Å²) in [5.41, 5.74) is 3.01. The quantitative estimate of drug-likeness (QED) is 0.287. The van der Waals surface area contributed by atoms with Crippen LogP contribution in [0.1, 0.15) is 77.0 Å². The molecule has 35 heavy (non-hydrogen) atoms. The van der Waals surface area contributed by atoms with Crippen LogP contribution in [0.25, 0.3) is 0 Å². The van der Waals surface area contributed by atoms with E-state index in [-0.39, 0.29) is 21.7 Å². The molecule has 0 N–H and O–H groups in total. The molecule has 0 spiro atoms. The fraction of sp³-hybridized carbons (Fsp3) is 0.412. The Morgan fingerprint density at radius 1 is 0.486 bits per heavy atom. The molecule has 0 unspecified atom stereocenters. The smallest absolute Gasteiger partial charge is 0.269 e. The van der Waals surface area contributed by atoms with E-state index in [2.05, 4.69) is 48.6 Å². The summed E-state index contributed by atoms with van der Waals surface area (Å²) in [5.74, 6) is 1.73. The monoisotopic (exact) mass is 496 g/mol. The second-order valence-corrected chi connectivity index (χ2v) is 9.30. The van der Waals surface area contributed by atoms with Crippen LogP contribution in [0, 0.1) is 36.1 Å². The first-order valence-corrected chi connectivity index (χ1v) is 13.3. The fourth-order valence-corrected chi connectivity index (χ4v) is 4.92. The summed E-state index contributed by atoms with van der Waals surface area (Å²) < 4.78 is 0. The summed E-state index contributed by atoms with van der Waals surface area (Å²) >= 11 is 0. The first-order chi connectivity index (χ1) is 16.9. The Bertz CT molecular complexity index is 734. The van der Waals surface area contributed by atoms with Crippen LogP contribution in [0.2, 0.25) is 0 Å². The molecular weight excluding hydrogens is 456 g/mol. The van der Waals surface area contributed by atoms with Crippen molar-refractivity contribution >= 4 is 0 Å². The molecule has 6 rings (SSSR count). The van der Waals surface area contributed by atoms with Crippen molar-refractivity contribution in [1.29, 1.82) is 0 Å². The predicted molar refractivity (Wildman–Crippen MR) is 145 cm³/mol. The van der Waals surface area contributed by atoms with Crippen molar-refractivity contribution in [1.82, 2.24) is 0 Å². The third-order valence-electron chi connectivity index (χ3n) is 6.75. The second-order valence-electron chi connectivity index (χ2n) is 9.30. The molecule has 0 nitrogen and oxygen atoms in total. The summed E-state index contributed by atoms with van der Waals surface area (Å²) in [4.78, 5) is 0. The van der Waals surface area contributed by atoms with Gasteiger partial charge < -0.3 is 0 Å². The number of hydrogen-bond acceptors (Lipinski definition) is 0. The molecule has 4 aliphatic rings. The average molecular weight is 497 g/mol. The Kier molecular flexibility index (Phi) is 16.2. The molecule has 0 saturated heterocycles. The van der Waals surface area contributed by atoms with E-state index in [0.29, 0.717) is 0 Å². The van der Waals surface area contributed by atoms with Crippen LogP contribution in [0.15, 0.2) is 96.1 Å². The third kappa shape index (κ3) is 12.6. The van der Waals surface area contributed by atoms with Crippen LogP contribution < -0.4 is 0 Å². The molecule has 0 aromatic heterocycles. The number of benzene rings is 2. The SMILES string of the molecule is [C-]1=C(C2CCCCC2)C=CC1.[C-]1=C(C2CCCCC2)C=CC1.[Ti+4].[c-]1ccccc1.[c-]1ccccc1. The van der Waals surface area contributed by atoms with Crippen LogP contribution in [0.5, 0.6) is 0 Å². The minimum atomic E-state index is 0. The van der Waals surface area contributed by atoms with Crippen molar-refractivity contribution in [3.63, 3.8) is 0 Å². The van der Waals surface area contributed by atoms with Crippen molar-refractivity contribution in [2.24, 2.45) is 11.8 Å². The van der Waals surface area contributed by atoms with E-state index in [1.807, 2.05) is 60.7 Å². The zero-order chi connectivity index (χ0) is 23.5. The Morgan fingerprint density at radius 2 is 0.857 bits per heavy atom. The van der Waals surface area contributed by atoms with Crippen LogP contribution in [0.3, 0.4) is 0 Å². The minimum absolute atomic E-state index is 0. The van der Waals surface area contributed by atoms with Crippen LogP contribution in [-0.4, -0.2) is 0 Å². The first kappa shape index (κ1) is 29.3. The summed E-state index contributed by atoms with van der Waals surface area (Å²) in [5, 5.41) is 0. The van der Waals surface area contributed by atoms with Gasteiger partial charge in [-0.3, -0.25) is 12.2 Å². The van der Waals surface area contributed by atoms with E-state index in [0.717, 1.165) is 24.7 Å². The van der Waals surface area contributed by atoms with Gasteiger partial charge in [0.25, 0.3) is 0 Å². The van der Waals surface area contributed by atoms with E-state index in [4.69, 9.17) is 0 Å². The maximum absolute atomic E-state index is 3.43. The van der Waals surface area contributed by atoms with Gasteiger partial charge >= 0.3 is 21.7 Å². The zero-order valence-corrected chi connectivity index (χ0v) is 22.8. The van der Waals surface area contributed by atoms with Gasteiger partial charge in [-0.05, 0) is 37.5 Å². The molecule has 180 valence electrons. The summed E-state index contributed by atoms with van der Waals surface area (Å²) in [6, 6.07) is 25.0. The largest absolute Gasteiger partial charge is 4.00 e. The van der Waals surface area contributed by atoms with Crippen molar-refractivity contribution in [2.45, 2.75) is 77.0 Å². The maximum Gasteiger partial charge on any atom is 4.00 e. The van der Waals surface area contributed by atoms with Gasteiger partial charge in [-0.1, -0.05) is 38.5 Å². The van der Waals surface area contributed by atoms with Gasteiger partial charge in [-0.15, -0.1) is 12.8 Å². The number of hydrogen-bond donors (Lipinski definition) is 0. The second kappa shape index (κ2) is 19.3. The molecular formula is C34H40Ti. The average Bonchev–Trinajstić information content (AvgIpc) is 3.68. The number of allylic oxidation sites excluding steroid dienone is 8. The van der Waals surface area contributed by atoms with E-state index < -0.39 is 0 Å². The molecule has 2 aromatic carbocycles. The maximum atomic E-state index is 3.43. The molecule has 1 heteroatoms. The van der Waals surface area contributed by atoms with Gasteiger partial charge in [0.05, 0.1) is 0 Å². The number of rotatable bonds is 2. The molecule has 0 amide bonds. The third-order valence-corrected chi connectivity index (χ3v) is 6.75. The van der Waals surface area contributed by atoms with Gasteiger partial charge in [-0.25, -0.2) is 23.3 Å². The van der Waals surface area contributed by atoms with Crippen LogP contribution in [0.4, 0.5) is 0 Å². The van der Waals surface area contributed by atoms with Crippen LogP contribution in [-0.2, 0) is 21.7 Å². The Labute approximate surface area is 230 Å². The van der Waals surface area contributed by atoms with Crippen LogP contribution >= 0.6 is 0 Å². The predicted octanol–water partition coefficient (Wildman–Crippen LogP) is 9.48. The Hall–Kier alpha value is -1.89. The molecule has 0 heterocycles. The van der Waals surface area contributed by atoms with Gasteiger partial charge in [0, 0.05) is 0 Å². The van der Waals surface area contributed by atoms with E-state index in [1.165, 1.54) is 75.4 Å².